The highest BCUT2D eigenvalue weighted by atomic mass is 16.5. The minimum Gasteiger partial charge on any atom is -0.381 e. The van der Waals surface area contributed by atoms with Crippen molar-refractivity contribution < 1.29 is 14.3 Å². The third kappa shape index (κ3) is 5.76. The van der Waals surface area contributed by atoms with Crippen LogP contribution in [0.25, 0.3) is 0 Å². The quantitative estimate of drug-likeness (QED) is 0.546. The summed E-state index contributed by atoms with van der Waals surface area (Å²) in [4.78, 5) is 30.3. The summed E-state index contributed by atoms with van der Waals surface area (Å²) >= 11 is 0. The number of amides is 3. The number of nitrogens with one attached hydrogen (secondary N) is 1. The molecule has 0 radical (unpaired) electrons. The fraction of sp³-hybridized carbons (Fsp3) is 0.500. The second-order valence-corrected chi connectivity index (χ2v) is 11.0. The zero-order valence-corrected chi connectivity index (χ0v) is 22.8. The molecule has 2 aromatic rings. The predicted octanol–water partition coefficient (Wildman–Crippen LogP) is 5.53. The molecular weight excluding hydrogens is 478 g/mol. The van der Waals surface area contributed by atoms with Crippen LogP contribution in [0, 0.1) is 12.8 Å². The summed E-state index contributed by atoms with van der Waals surface area (Å²) in [5, 5.41) is 9.86. The third-order valence-electron chi connectivity index (χ3n) is 7.67. The largest absolute Gasteiger partial charge is 0.381 e. The molecule has 3 amide bonds. The number of benzene rings is 2. The Bertz CT molecular complexity index is 1180. The van der Waals surface area contributed by atoms with Crippen LogP contribution in [0.5, 0.6) is 0 Å². The van der Waals surface area contributed by atoms with Crippen molar-refractivity contribution in [1.82, 2.24) is 9.91 Å². The minimum atomic E-state index is -0.140. The summed E-state index contributed by atoms with van der Waals surface area (Å²) in [5.41, 5.74) is 5.50. The number of ether oxygens (including phenoxy) is 1. The van der Waals surface area contributed by atoms with E-state index in [0.29, 0.717) is 31.4 Å². The number of carbonyl (C=O) groups is 2. The predicted molar refractivity (Wildman–Crippen MR) is 151 cm³/mol. The standard InChI is InChI=1S/C30H39N5O3/c1-21-9-14-26-27(19-21)34(24-12-10-23(11-13-24)31-28(36)20-33(2)3)30(37)35(25-15-17-38-18-16-25)32-29(26)22-7-5-4-6-8-22/h9-14,19,22,25H,4-8,15-18,20H2,1-3H3,(H,31,36). The summed E-state index contributed by atoms with van der Waals surface area (Å²) < 4.78 is 5.62. The van der Waals surface area contributed by atoms with Crippen molar-refractivity contribution in [3.05, 3.63) is 53.6 Å². The Kier molecular flexibility index (Phi) is 8.09. The van der Waals surface area contributed by atoms with E-state index in [1.807, 2.05) is 48.2 Å². The summed E-state index contributed by atoms with van der Waals surface area (Å²) in [6.45, 7) is 3.64. The molecule has 0 atom stereocenters. The number of urea groups is 1. The number of rotatable bonds is 6. The molecule has 1 saturated heterocycles. The number of aryl methyl sites for hydroxylation is 1. The molecule has 38 heavy (non-hydrogen) atoms. The van der Waals surface area contributed by atoms with Gasteiger partial charge in [0.2, 0.25) is 5.91 Å². The monoisotopic (exact) mass is 517 g/mol. The molecule has 1 saturated carbocycles. The van der Waals surface area contributed by atoms with Crippen LogP contribution < -0.4 is 10.2 Å². The Balaban J connectivity index is 1.56. The molecule has 0 spiro atoms. The van der Waals surface area contributed by atoms with Crippen molar-refractivity contribution in [1.29, 1.82) is 0 Å². The maximum Gasteiger partial charge on any atom is 0.349 e. The van der Waals surface area contributed by atoms with E-state index in [0.717, 1.165) is 53.9 Å². The Morgan fingerprint density at radius 3 is 2.42 bits per heavy atom. The van der Waals surface area contributed by atoms with Crippen LogP contribution in [0.4, 0.5) is 21.9 Å². The highest BCUT2D eigenvalue weighted by Crippen LogP contribution is 2.39. The highest BCUT2D eigenvalue weighted by molar-refractivity contribution is 6.14. The van der Waals surface area contributed by atoms with Gasteiger partial charge in [0, 0.05) is 30.4 Å². The number of anilines is 3. The van der Waals surface area contributed by atoms with Crippen molar-refractivity contribution in [2.24, 2.45) is 11.0 Å². The number of likely N-dealkylation sites (N-methyl/N-ethyl adjacent to an activating group) is 1. The van der Waals surface area contributed by atoms with Crippen molar-refractivity contribution in [2.75, 3.05) is 44.1 Å². The van der Waals surface area contributed by atoms with Crippen LogP contribution >= 0.6 is 0 Å². The highest BCUT2D eigenvalue weighted by Gasteiger charge is 2.37. The average Bonchev–Trinajstić information content (AvgIpc) is 3.03. The number of hydrazone groups is 1. The lowest BCUT2D eigenvalue weighted by Crippen LogP contribution is -2.45. The minimum absolute atomic E-state index is 0.00246. The first-order chi connectivity index (χ1) is 18.4. The molecule has 1 N–H and O–H groups in total. The molecule has 0 bridgehead atoms. The molecule has 3 aliphatic rings. The Hall–Kier alpha value is -3.23. The first-order valence-corrected chi connectivity index (χ1v) is 13.9. The average molecular weight is 518 g/mol. The van der Waals surface area contributed by atoms with Gasteiger partial charge in [0.1, 0.15) is 0 Å². The van der Waals surface area contributed by atoms with E-state index in [-0.39, 0.29) is 18.0 Å². The summed E-state index contributed by atoms with van der Waals surface area (Å²) in [6.07, 6.45) is 7.39. The van der Waals surface area contributed by atoms with E-state index < -0.39 is 0 Å². The van der Waals surface area contributed by atoms with Gasteiger partial charge in [-0.1, -0.05) is 31.4 Å². The molecule has 0 unspecified atom stereocenters. The van der Waals surface area contributed by atoms with Gasteiger partial charge in [-0.05, 0) is 82.6 Å². The summed E-state index contributed by atoms with van der Waals surface area (Å²) in [6, 6.07) is 13.7. The number of hydrogen-bond donors (Lipinski definition) is 1. The molecule has 0 aromatic heterocycles. The molecule has 202 valence electrons. The van der Waals surface area contributed by atoms with Crippen LogP contribution in [-0.4, -0.2) is 67.5 Å². The molecule has 2 fully saturated rings. The zero-order chi connectivity index (χ0) is 26.6. The maximum absolute atomic E-state index is 14.4. The van der Waals surface area contributed by atoms with Crippen molar-refractivity contribution >= 4 is 34.7 Å². The molecular formula is C30H39N5O3. The first kappa shape index (κ1) is 26.4. The van der Waals surface area contributed by atoms with Gasteiger partial charge in [-0.25, -0.2) is 9.80 Å². The van der Waals surface area contributed by atoms with E-state index in [2.05, 4.69) is 30.4 Å². The number of carbonyl (C=O) groups excluding carboxylic acids is 2. The van der Waals surface area contributed by atoms with Crippen LogP contribution in [0.3, 0.4) is 0 Å². The van der Waals surface area contributed by atoms with Crippen molar-refractivity contribution in [2.45, 2.75) is 57.9 Å². The normalized spacial score (nSPS) is 19.3. The number of hydrogen-bond acceptors (Lipinski definition) is 5. The van der Waals surface area contributed by atoms with E-state index in [1.54, 1.807) is 5.01 Å². The van der Waals surface area contributed by atoms with Gasteiger partial charge in [-0.15, -0.1) is 0 Å². The van der Waals surface area contributed by atoms with Gasteiger partial charge in [-0.2, -0.15) is 5.10 Å². The Morgan fingerprint density at radius 1 is 1.03 bits per heavy atom. The van der Waals surface area contributed by atoms with Gasteiger partial charge < -0.3 is 15.0 Å². The van der Waals surface area contributed by atoms with Gasteiger partial charge in [-0.3, -0.25) is 9.69 Å². The van der Waals surface area contributed by atoms with E-state index in [1.165, 1.54) is 19.3 Å². The molecule has 2 aliphatic heterocycles. The first-order valence-electron chi connectivity index (χ1n) is 13.9. The lowest BCUT2D eigenvalue weighted by molar-refractivity contribution is -0.116. The molecule has 2 heterocycles. The Labute approximate surface area is 225 Å². The second kappa shape index (κ2) is 11.7. The lowest BCUT2D eigenvalue weighted by atomic mass is 9.82. The fourth-order valence-electron chi connectivity index (χ4n) is 5.74. The van der Waals surface area contributed by atoms with Crippen LogP contribution in [0.1, 0.15) is 56.1 Å². The zero-order valence-electron chi connectivity index (χ0n) is 22.8. The van der Waals surface area contributed by atoms with Gasteiger partial charge >= 0.3 is 6.03 Å². The van der Waals surface area contributed by atoms with Crippen molar-refractivity contribution in [3.63, 3.8) is 0 Å². The lowest BCUT2D eigenvalue weighted by Gasteiger charge is -2.33. The summed E-state index contributed by atoms with van der Waals surface area (Å²) in [7, 11) is 3.72. The molecule has 1 aliphatic carbocycles. The molecule has 8 nitrogen and oxygen atoms in total. The van der Waals surface area contributed by atoms with Gasteiger partial charge in [0.25, 0.3) is 0 Å². The Morgan fingerprint density at radius 2 is 1.74 bits per heavy atom. The van der Waals surface area contributed by atoms with Crippen LogP contribution in [-0.2, 0) is 9.53 Å². The second-order valence-electron chi connectivity index (χ2n) is 11.0. The third-order valence-corrected chi connectivity index (χ3v) is 7.67. The van der Waals surface area contributed by atoms with Gasteiger partial charge in [0.15, 0.2) is 0 Å². The maximum atomic E-state index is 14.4. The topological polar surface area (TPSA) is 77.5 Å². The fourth-order valence-corrected chi connectivity index (χ4v) is 5.74. The number of nitrogens with zero attached hydrogens (tertiary/aromatic N) is 4. The van der Waals surface area contributed by atoms with Crippen LogP contribution in [0.2, 0.25) is 0 Å². The van der Waals surface area contributed by atoms with E-state index >= 15 is 0 Å². The molecule has 8 heteroatoms. The van der Waals surface area contributed by atoms with Gasteiger partial charge in [0.05, 0.1) is 29.7 Å². The SMILES string of the molecule is Cc1ccc2c(c1)N(c1ccc(NC(=O)CN(C)C)cc1)C(=O)N(C1CCOCC1)N=C2C1CCCCC1. The molecule has 5 rings (SSSR count). The summed E-state index contributed by atoms with van der Waals surface area (Å²) in [5.74, 6) is 0.264. The van der Waals surface area contributed by atoms with Crippen LogP contribution in [0.15, 0.2) is 47.6 Å². The van der Waals surface area contributed by atoms with E-state index in [9.17, 15) is 9.59 Å². The van der Waals surface area contributed by atoms with Crippen molar-refractivity contribution in [3.8, 4) is 0 Å². The smallest absolute Gasteiger partial charge is 0.349 e. The molecule has 2 aromatic carbocycles. The van der Waals surface area contributed by atoms with E-state index in [4.69, 9.17) is 9.84 Å². The number of fused-ring (bicyclic) bond motifs is 1.